The molecule has 0 saturated heterocycles. The molecule has 0 bridgehead atoms. The average molecular weight is 472 g/mol. The fourth-order valence-electron chi connectivity index (χ4n) is 4.41. The second-order valence-corrected chi connectivity index (χ2v) is 8.10. The van der Waals surface area contributed by atoms with E-state index >= 15 is 0 Å². The summed E-state index contributed by atoms with van der Waals surface area (Å²) in [5.41, 5.74) is 3.23. The maximum Gasteiger partial charge on any atom is 0.308 e. The summed E-state index contributed by atoms with van der Waals surface area (Å²) in [6.45, 7) is 6.09. The van der Waals surface area contributed by atoms with Gasteiger partial charge in [0.05, 0.1) is 39.7 Å². The SMILES string of the molecule is CCOC(=O)CC[C@H]1Nc2c(OC)c(C)c(OC)c(OC(C)=O)c2[C@@H]1COCc1ccccc1. The molecule has 184 valence electrons. The lowest BCUT2D eigenvalue weighted by Gasteiger charge is -2.22. The van der Waals surface area contributed by atoms with E-state index in [0.717, 1.165) is 16.8 Å². The number of ether oxygens (including phenoxy) is 5. The third-order valence-electron chi connectivity index (χ3n) is 5.84. The number of anilines is 1. The Morgan fingerprint density at radius 1 is 1.03 bits per heavy atom. The number of methoxy groups -OCH3 is 2. The molecule has 8 nitrogen and oxygen atoms in total. The summed E-state index contributed by atoms with van der Waals surface area (Å²) in [4.78, 5) is 24.1. The van der Waals surface area contributed by atoms with Crippen molar-refractivity contribution in [2.45, 2.75) is 52.2 Å². The highest BCUT2D eigenvalue weighted by Gasteiger charge is 2.40. The van der Waals surface area contributed by atoms with Crippen LogP contribution in [-0.4, -0.2) is 45.4 Å². The molecule has 0 aromatic heterocycles. The lowest BCUT2D eigenvalue weighted by molar-refractivity contribution is -0.143. The van der Waals surface area contributed by atoms with Crippen molar-refractivity contribution in [3.63, 3.8) is 0 Å². The quantitative estimate of drug-likeness (QED) is 0.381. The predicted octanol–water partition coefficient (Wildman–Crippen LogP) is 4.38. The smallest absolute Gasteiger partial charge is 0.308 e. The molecule has 0 unspecified atom stereocenters. The fourth-order valence-corrected chi connectivity index (χ4v) is 4.41. The summed E-state index contributed by atoms with van der Waals surface area (Å²) >= 11 is 0. The molecular formula is C26H33NO7. The third-order valence-corrected chi connectivity index (χ3v) is 5.84. The van der Waals surface area contributed by atoms with Crippen molar-refractivity contribution in [1.82, 2.24) is 0 Å². The van der Waals surface area contributed by atoms with Gasteiger partial charge in [-0.1, -0.05) is 30.3 Å². The Morgan fingerprint density at radius 2 is 1.74 bits per heavy atom. The Kier molecular flexibility index (Phi) is 8.76. The molecule has 0 aliphatic carbocycles. The van der Waals surface area contributed by atoms with Gasteiger partial charge >= 0.3 is 11.9 Å². The van der Waals surface area contributed by atoms with Gasteiger partial charge in [-0.3, -0.25) is 9.59 Å². The van der Waals surface area contributed by atoms with Crippen molar-refractivity contribution in [1.29, 1.82) is 0 Å². The number of esters is 2. The van der Waals surface area contributed by atoms with Crippen LogP contribution in [0.1, 0.15) is 49.3 Å². The molecule has 34 heavy (non-hydrogen) atoms. The molecule has 2 atom stereocenters. The molecule has 0 fully saturated rings. The zero-order valence-electron chi connectivity index (χ0n) is 20.4. The number of carbonyl (C=O) groups is 2. The van der Waals surface area contributed by atoms with Gasteiger partial charge in [-0.05, 0) is 25.8 Å². The zero-order chi connectivity index (χ0) is 24.7. The maximum absolute atomic E-state index is 12.1. The number of carbonyl (C=O) groups excluding carboxylic acids is 2. The summed E-state index contributed by atoms with van der Waals surface area (Å²) < 4.78 is 28.2. The lowest BCUT2D eigenvalue weighted by Crippen LogP contribution is -2.25. The standard InChI is InChI=1S/C26H33NO7/c1-6-33-21(29)13-12-20-19(15-32-14-18-10-8-7-9-11-18)22-23(27-20)24(30-4)16(2)25(31-5)26(22)34-17(3)28/h7-11,19-20,27H,6,12-15H2,1-5H3/t19-,20-/m1/s1. The van der Waals surface area contributed by atoms with E-state index < -0.39 is 5.97 Å². The van der Waals surface area contributed by atoms with E-state index in [9.17, 15) is 9.59 Å². The summed E-state index contributed by atoms with van der Waals surface area (Å²) in [7, 11) is 3.12. The van der Waals surface area contributed by atoms with E-state index in [1.165, 1.54) is 14.0 Å². The Hall–Kier alpha value is -3.26. The van der Waals surface area contributed by atoms with E-state index in [2.05, 4.69) is 5.32 Å². The second-order valence-electron chi connectivity index (χ2n) is 8.10. The molecule has 1 aliphatic heterocycles. The monoisotopic (exact) mass is 471 g/mol. The highest BCUT2D eigenvalue weighted by molar-refractivity contribution is 5.82. The first-order valence-corrected chi connectivity index (χ1v) is 11.4. The van der Waals surface area contributed by atoms with Gasteiger partial charge in [0.25, 0.3) is 0 Å². The first-order chi connectivity index (χ1) is 16.4. The first kappa shape index (κ1) is 25.4. The van der Waals surface area contributed by atoms with Gasteiger partial charge in [-0.25, -0.2) is 0 Å². The van der Waals surface area contributed by atoms with Crippen LogP contribution in [0.2, 0.25) is 0 Å². The largest absolute Gasteiger partial charge is 0.494 e. The highest BCUT2D eigenvalue weighted by Crippen LogP contribution is 2.54. The Bertz CT molecular complexity index is 1010. The van der Waals surface area contributed by atoms with E-state index in [4.69, 9.17) is 23.7 Å². The number of fused-ring (bicyclic) bond motifs is 1. The number of rotatable bonds is 11. The van der Waals surface area contributed by atoms with Crippen LogP contribution < -0.4 is 19.5 Å². The van der Waals surface area contributed by atoms with Crippen molar-refractivity contribution in [2.75, 3.05) is 32.8 Å². The molecule has 0 spiro atoms. The van der Waals surface area contributed by atoms with Gasteiger partial charge < -0.3 is 29.0 Å². The van der Waals surface area contributed by atoms with Crippen molar-refractivity contribution in [2.24, 2.45) is 0 Å². The number of hydrogen-bond acceptors (Lipinski definition) is 8. The van der Waals surface area contributed by atoms with Crippen molar-refractivity contribution < 1.29 is 33.3 Å². The predicted molar refractivity (Wildman–Crippen MR) is 128 cm³/mol. The molecule has 0 amide bonds. The van der Waals surface area contributed by atoms with Gasteiger partial charge in [0, 0.05) is 36.4 Å². The van der Waals surface area contributed by atoms with Gasteiger partial charge in [-0.15, -0.1) is 0 Å². The van der Waals surface area contributed by atoms with E-state index in [1.807, 2.05) is 37.3 Å². The molecule has 2 aromatic rings. The molecule has 2 aromatic carbocycles. The van der Waals surface area contributed by atoms with Gasteiger partial charge in [0.2, 0.25) is 0 Å². The number of nitrogens with one attached hydrogen (secondary N) is 1. The normalized spacial score (nSPS) is 16.4. The van der Waals surface area contributed by atoms with E-state index in [1.54, 1.807) is 14.0 Å². The number of benzene rings is 2. The van der Waals surface area contributed by atoms with Crippen LogP contribution in [0.25, 0.3) is 0 Å². The second kappa shape index (κ2) is 11.7. The average Bonchev–Trinajstić information content (AvgIpc) is 3.17. The molecule has 1 heterocycles. The van der Waals surface area contributed by atoms with Crippen LogP contribution >= 0.6 is 0 Å². The van der Waals surface area contributed by atoms with Crippen molar-refractivity contribution in [3.8, 4) is 17.2 Å². The van der Waals surface area contributed by atoms with Crippen LogP contribution in [-0.2, 0) is 25.7 Å². The molecule has 8 heteroatoms. The third kappa shape index (κ3) is 5.62. The van der Waals surface area contributed by atoms with E-state index in [-0.39, 0.29) is 24.3 Å². The Morgan fingerprint density at radius 3 is 2.35 bits per heavy atom. The topological polar surface area (TPSA) is 92.3 Å². The minimum absolute atomic E-state index is 0.162. The van der Waals surface area contributed by atoms with Gasteiger partial charge in [-0.2, -0.15) is 0 Å². The molecule has 1 N–H and O–H groups in total. The van der Waals surface area contributed by atoms with Crippen LogP contribution in [0.3, 0.4) is 0 Å². The summed E-state index contributed by atoms with van der Waals surface area (Å²) in [6, 6.07) is 9.72. The van der Waals surface area contributed by atoms with Crippen LogP contribution in [0.15, 0.2) is 30.3 Å². The van der Waals surface area contributed by atoms with Crippen molar-refractivity contribution >= 4 is 17.6 Å². The first-order valence-electron chi connectivity index (χ1n) is 11.4. The van der Waals surface area contributed by atoms with Gasteiger partial charge in [0.1, 0.15) is 5.75 Å². The Balaban J connectivity index is 1.98. The minimum atomic E-state index is -0.455. The van der Waals surface area contributed by atoms with Crippen LogP contribution in [0.4, 0.5) is 5.69 Å². The molecular weight excluding hydrogens is 438 g/mol. The molecule has 0 radical (unpaired) electrons. The van der Waals surface area contributed by atoms with Crippen LogP contribution in [0, 0.1) is 6.92 Å². The maximum atomic E-state index is 12.1. The van der Waals surface area contributed by atoms with E-state index in [0.29, 0.717) is 49.1 Å². The molecule has 3 rings (SSSR count). The number of hydrogen-bond donors (Lipinski definition) is 1. The minimum Gasteiger partial charge on any atom is -0.494 e. The lowest BCUT2D eigenvalue weighted by atomic mass is 9.91. The highest BCUT2D eigenvalue weighted by atomic mass is 16.6. The summed E-state index contributed by atoms with van der Waals surface area (Å²) in [5.74, 6) is 0.462. The summed E-state index contributed by atoms with van der Waals surface area (Å²) in [6.07, 6.45) is 0.757. The Labute approximate surface area is 200 Å². The molecule has 1 aliphatic rings. The fraction of sp³-hybridized carbons (Fsp3) is 0.462. The van der Waals surface area contributed by atoms with Gasteiger partial charge in [0.15, 0.2) is 11.5 Å². The molecule has 0 saturated carbocycles. The van der Waals surface area contributed by atoms with Crippen molar-refractivity contribution in [3.05, 3.63) is 47.0 Å². The zero-order valence-corrected chi connectivity index (χ0v) is 20.4. The van der Waals surface area contributed by atoms with Crippen LogP contribution in [0.5, 0.6) is 17.2 Å². The summed E-state index contributed by atoms with van der Waals surface area (Å²) in [5, 5.41) is 3.50.